The number of likely N-dealkylation sites (tertiary alicyclic amines) is 1. The molecule has 1 unspecified atom stereocenters. The summed E-state index contributed by atoms with van der Waals surface area (Å²) >= 11 is -2.54. The fourth-order valence-electron chi connectivity index (χ4n) is 4.81. The van der Waals surface area contributed by atoms with Crippen molar-refractivity contribution in [2.45, 2.75) is 43.8 Å². The van der Waals surface area contributed by atoms with E-state index in [0.717, 1.165) is 31.0 Å². The van der Waals surface area contributed by atoms with Gasteiger partial charge in [-0.2, -0.15) is 9.27 Å². The van der Waals surface area contributed by atoms with Crippen LogP contribution in [0.1, 0.15) is 25.7 Å². The number of nitrogens with one attached hydrogen (secondary N) is 1. The molecule has 0 aromatic carbocycles. The van der Waals surface area contributed by atoms with Crippen LogP contribution in [0.25, 0.3) is 0 Å². The second-order valence-corrected chi connectivity index (χ2v) is 8.17. The lowest BCUT2D eigenvalue weighted by Gasteiger charge is -2.58. The third kappa shape index (κ3) is 2.61. The molecular formula is C14H22N4O5S. The molecule has 3 atom stereocenters. The number of carbonyl (C=O) groups excluding carboxylic acids is 2. The molecule has 0 aromatic rings. The first-order valence-electron chi connectivity index (χ1n) is 8.25. The molecule has 1 saturated carbocycles. The third-order valence-corrected chi connectivity index (χ3v) is 5.97. The lowest BCUT2D eigenvalue weighted by Crippen LogP contribution is -2.66. The Bertz CT molecular complexity index is 588. The van der Waals surface area contributed by atoms with Crippen molar-refractivity contribution >= 4 is 23.3 Å². The van der Waals surface area contributed by atoms with E-state index >= 15 is 0 Å². The van der Waals surface area contributed by atoms with Crippen LogP contribution < -0.4 is 5.32 Å². The van der Waals surface area contributed by atoms with Crippen molar-refractivity contribution in [1.29, 1.82) is 0 Å². The topological polar surface area (TPSA) is 102 Å². The van der Waals surface area contributed by atoms with Crippen LogP contribution in [0.5, 0.6) is 0 Å². The van der Waals surface area contributed by atoms with Gasteiger partial charge in [-0.05, 0) is 38.1 Å². The van der Waals surface area contributed by atoms with Crippen LogP contribution in [0.15, 0.2) is 0 Å². The summed E-state index contributed by atoms with van der Waals surface area (Å²) in [5.41, 5.74) is 0.393. The van der Waals surface area contributed by atoms with Crippen molar-refractivity contribution in [3.63, 3.8) is 0 Å². The van der Waals surface area contributed by atoms with Crippen molar-refractivity contribution in [1.82, 2.24) is 20.2 Å². The number of nitrogens with zero attached hydrogens (tertiary/aromatic N) is 3. The maximum absolute atomic E-state index is 12.6. The molecule has 134 valence electrons. The molecule has 10 heteroatoms. The van der Waals surface area contributed by atoms with E-state index in [0.29, 0.717) is 24.8 Å². The number of hydrogen-bond acceptors (Lipinski definition) is 5. The summed E-state index contributed by atoms with van der Waals surface area (Å²) in [5.74, 6) is -0.124. The van der Waals surface area contributed by atoms with Gasteiger partial charge in [-0.15, -0.1) is 4.28 Å². The van der Waals surface area contributed by atoms with Gasteiger partial charge in [0.25, 0.3) is 0 Å². The molecule has 2 N–H and O–H groups in total. The SMILES string of the molecule is CN1CC2(CC(NC(=O)[C@@H]3CC[C@@H]4CN3C(=O)N4OS(=O)O)C2)C1. The van der Waals surface area contributed by atoms with Crippen molar-refractivity contribution in [3.05, 3.63) is 0 Å². The summed E-state index contributed by atoms with van der Waals surface area (Å²) < 4.78 is 24.3. The molecule has 0 aromatic heterocycles. The predicted octanol–water partition coefficient (Wildman–Crippen LogP) is -0.466. The van der Waals surface area contributed by atoms with Crippen LogP contribution in [-0.4, -0.2) is 80.4 Å². The van der Waals surface area contributed by atoms with Gasteiger partial charge in [0.05, 0.1) is 6.04 Å². The number of rotatable bonds is 4. The fourth-order valence-corrected chi connectivity index (χ4v) is 5.14. The molecule has 3 amide bonds. The highest BCUT2D eigenvalue weighted by Gasteiger charge is 2.53. The molecule has 4 aliphatic rings. The van der Waals surface area contributed by atoms with Crippen LogP contribution in [0, 0.1) is 5.41 Å². The Morgan fingerprint density at radius 2 is 2.08 bits per heavy atom. The zero-order valence-corrected chi connectivity index (χ0v) is 14.3. The second-order valence-electron chi connectivity index (χ2n) is 7.59. The van der Waals surface area contributed by atoms with Gasteiger partial charge in [-0.25, -0.2) is 4.79 Å². The van der Waals surface area contributed by atoms with Crippen molar-refractivity contribution in [3.8, 4) is 0 Å². The predicted molar refractivity (Wildman–Crippen MR) is 83.7 cm³/mol. The maximum atomic E-state index is 12.6. The summed E-state index contributed by atoms with van der Waals surface area (Å²) in [5, 5.41) is 4.00. The highest BCUT2D eigenvalue weighted by Crippen LogP contribution is 2.47. The number of carbonyl (C=O) groups is 2. The Hall–Kier alpha value is -1.23. The average Bonchev–Trinajstić information content (AvgIpc) is 2.68. The molecule has 3 heterocycles. The molecule has 4 fully saturated rings. The van der Waals surface area contributed by atoms with Crippen LogP contribution >= 0.6 is 0 Å². The minimum atomic E-state index is -2.54. The van der Waals surface area contributed by atoms with Gasteiger partial charge in [0.15, 0.2) is 0 Å². The van der Waals surface area contributed by atoms with Crippen LogP contribution in [0.2, 0.25) is 0 Å². The quantitative estimate of drug-likeness (QED) is 0.659. The number of urea groups is 1. The Balaban J connectivity index is 1.33. The lowest BCUT2D eigenvalue weighted by molar-refractivity contribution is -0.131. The summed E-state index contributed by atoms with van der Waals surface area (Å²) in [4.78, 5) is 28.6. The normalized spacial score (nSPS) is 33.3. The van der Waals surface area contributed by atoms with Gasteiger partial charge in [0.2, 0.25) is 5.91 Å². The molecule has 9 nitrogen and oxygen atoms in total. The van der Waals surface area contributed by atoms with E-state index in [-0.39, 0.29) is 18.0 Å². The van der Waals surface area contributed by atoms with Crippen LogP contribution in [0.4, 0.5) is 4.79 Å². The molecule has 3 aliphatic heterocycles. The van der Waals surface area contributed by atoms with Crippen LogP contribution in [-0.2, 0) is 20.4 Å². The fraction of sp³-hybridized carbons (Fsp3) is 0.857. The monoisotopic (exact) mass is 358 g/mol. The number of hydrogen-bond donors (Lipinski definition) is 2. The minimum Gasteiger partial charge on any atom is -0.352 e. The first kappa shape index (κ1) is 16.2. The molecule has 1 aliphatic carbocycles. The third-order valence-electron chi connectivity index (χ3n) is 5.69. The van der Waals surface area contributed by atoms with Crippen molar-refractivity contribution < 1.29 is 22.6 Å². The van der Waals surface area contributed by atoms with Gasteiger partial charge >= 0.3 is 17.4 Å². The van der Waals surface area contributed by atoms with E-state index in [1.54, 1.807) is 0 Å². The van der Waals surface area contributed by atoms with Gasteiger partial charge in [0, 0.05) is 25.7 Å². The maximum Gasteiger partial charge on any atom is 0.346 e. The first-order valence-corrected chi connectivity index (χ1v) is 9.28. The standard InChI is InChI=1S/C14H22N4O5S/c1-16-7-14(8-16)4-9(5-14)15-12(19)11-3-2-10-6-17(11)13(20)18(10)23-24(21)22/h9-11H,2-8H2,1H3,(H,15,19)(H,21,22)/t10-,11+/m1/s1. The van der Waals surface area contributed by atoms with E-state index in [1.807, 2.05) is 0 Å². The number of amides is 3. The van der Waals surface area contributed by atoms with E-state index < -0.39 is 23.4 Å². The summed E-state index contributed by atoms with van der Waals surface area (Å²) in [6.07, 6.45) is 3.13. The van der Waals surface area contributed by atoms with Gasteiger partial charge < -0.3 is 15.1 Å². The van der Waals surface area contributed by atoms with E-state index in [9.17, 15) is 13.8 Å². The minimum absolute atomic E-state index is 0.124. The first-order chi connectivity index (χ1) is 11.4. The van der Waals surface area contributed by atoms with Gasteiger partial charge in [-0.3, -0.25) is 9.35 Å². The van der Waals surface area contributed by atoms with Gasteiger partial charge in [0.1, 0.15) is 6.04 Å². The number of fused-ring (bicyclic) bond motifs is 2. The van der Waals surface area contributed by atoms with Crippen LogP contribution in [0.3, 0.4) is 0 Å². The van der Waals surface area contributed by atoms with Crippen molar-refractivity contribution in [2.24, 2.45) is 5.41 Å². The second kappa shape index (κ2) is 5.65. The Labute approximate surface area is 142 Å². The zero-order valence-electron chi connectivity index (χ0n) is 13.5. The molecular weight excluding hydrogens is 336 g/mol. The van der Waals surface area contributed by atoms with E-state index in [1.165, 1.54) is 4.90 Å². The molecule has 2 bridgehead atoms. The van der Waals surface area contributed by atoms with Gasteiger partial charge in [-0.1, -0.05) is 0 Å². The van der Waals surface area contributed by atoms with Crippen molar-refractivity contribution in [2.75, 3.05) is 26.7 Å². The highest BCUT2D eigenvalue weighted by atomic mass is 32.2. The summed E-state index contributed by atoms with van der Waals surface area (Å²) in [6, 6.07) is -1.10. The zero-order chi connectivity index (χ0) is 17.1. The highest BCUT2D eigenvalue weighted by molar-refractivity contribution is 7.74. The smallest absolute Gasteiger partial charge is 0.346 e. The molecule has 4 rings (SSSR count). The number of hydroxylamine groups is 2. The molecule has 0 radical (unpaired) electrons. The summed E-state index contributed by atoms with van der Waals surface area (Å²) in [6.45, 7) is 2.55. The lowest BCUT2D eigenvalue weighted by atomic mass is 9.61. The Kier molecular flexibility index (Phi) is 3.83. The summed E-state index contributed by atoms with van der Waals surface area (Å²) in [7, 11) is 2.10. The Morgan fingerprint density at radius 3 is 2.71 bits per heavy atom. The number of piperidine rings is 1. The molecule has 3 saturated heterocycles. The largest absolute Gasteiger partial charge is 0.352 e. The molecule has 24 heavy (non-hydrogen) atoms. The molecule has 1 spiro atoms. The van der Waals surface area contributed by atoms with E-state index in [2.05, 4.69) is 21.5 Å². The average molecular weight is 358 g/mol. The van der Waals surface area contributed by atoms with E-state index in [4.69, 9.17) is 4.55 Å². The Morgan fingerprint density at radius 1 is 1.38 bits per heavy atom.